The molecule has 0 bridgehead atoms. The van der Waals surface area contributed by atoms with E-state index < -0.39 is 12.0 Å². The molecule has 1 heterocycles. The van der Waals surface area contributed by atoms with E-state index in [1.54, 1.807) is 48.5 Å². The molecule has 0 aromatic heterocycles. The monoisotopic (exact) mass is 336 g/mol. The number of hydrogen-bond donors (Lipinski definition) is 1. The summed E-state index contributed by atoms with van der Waals surface area (Å²) in [5, 5.41) is 3.25. The fourth-order valence-electron chi connectivity index (χ4n) is 3.03. The predicted octanol–water partition coefficient (Wildman–Crippen LogP) is 4.74. The van der Waals surface area contributed by atoms with Gasteiger partial charge < -0.3 is 5.32 Å². The first kappa shape index (κ1) is 15.3. The van der Waals surface area contributed by atoms with Crippen molar-refractivity contribution in [2.24, 2.45) is 0 Å². The molecular weight excluding hydrogens is 322 g/mol. The molecule has 1 atom stereocenters. The molecule has 3 aromatic carbocycles. The zero-order valence-corrected chi connectivity index (χ0v) is 13.1. The highest BCUT2D eigenvalue weighted by Gasteiger charge is 2.35. The van der Waals surface area contributed by atoms with Crippen LogP contribution in [-0.4, -0.2) is 5.91 Å². The molecule has 0 aliphatic carbocycles. The molecule has 3 aromatic rings. The maximum atomic E-state index is 14.4. The number of para-hydroxylation sites is 2. The maximum Gasteiger partial charge on any atom is 0.262 e. The SMILES string of the molecule is O=C1c2ccccc2N[C@@H](c2ccc(F)cc2)N1c1ccccc1F. The first-order valence-electron chi connectivity index (χ1n) is 7.84. The number of nitrogens with one attached hydrogen (secondary N) is 1. The Morgan fingerprint density at radius 3 is 2.28 bits per heavy atom. The van der Waals surface area contributed by atoms with E-state index in [-0.39, 0.29) is 17.4 Å². The van der Waals surface area contributed by atoms with E-state index >= 15 is 0 Å². The summed E-state index contributed by atoms with van der Waals surface area (Å²) in [7, 11) is 0. The quantitative estimate of drug-likeness (QED) is 0.733. The summed E-state index contributed by atoms with van der Waals surface area (Å²) in [5.74, 6) is -1.18. The molecule has 4 rings (SSSR count). The Bertz CT molecular complexity index is 940. The molecule has 0 unspecified atom stereocenters. The lowest BCUT2D eigenvalue weighted by atomic mass is 10.0. The summed E-state index contributed by atoms with van der Waals surface area (Å²) in [6.45, 7) is 0. The highest BCUT2D eigenvalue weighted by molar-refractivity contribution is 6.12. The number of fused-ring (bicyclic) bond motifs is 1. The second kappa shape index (κ2) is 6.02. The van der Waals surface area contributed by atoms with Gasteiger partial charge in [-0.15, -0.1) is 0 Å². The smallest absolute Gasteiger partial charge is 0.262 e. The van der Waals surface area contributed by atoms with E-state index in [1.807, 2.05) is 6.07 Å². The molecule has 1 aliphatic rings. The van der Waals surface area contributed by atoms with Crippen LogP contribution in [0.25, 0.3) is 0 Å². The first-order chi connectivity index (χ1) is 12.1. The molecule has 124 valence electrons. The zero-order chi connectivity index (χ0) is 17.4. The van der Waals surface area contributed by atoms with Gasteiger partial charge in [-0.3, -0.25) is 9.69 Å². The number of anilines is 2. The van der Waals surface area contributed by atoms with Crippen LogP contribution in [0.4, 0.5) is 20.2 Å². The van der Waals surface area contributed by atoms with Gasteiger partial charge >= 0.3 is 0 Å². The Hall–Kier alpha value is -3.21. The number of rotatable bonds is 2. The highest BCUT2D eigenvalue weighted by atomic mass is 19.1. The fraction of sp³-hybridized carbons (Fsp3) is 0.0500. The number of halogens is 2. The van der Waals surface area contributed by atoms with E-state index in [1.165, 1.54) is 23.1 Å². The van der Waals surface area contributed by atoms with Gasteiger partial charge in [0.15, 0.2) is 0 Å². The van der Waals surface area contributed by atoms with Crippen LogP contribution in [0, 0.1) is 11.6 Å². The van der Waals surface area contributed by atoms with Gasteiger partial charge in [0.25, 0.3) is 5.91 Å². The van der Waals surface area contributed by atoms with Crippen LogP contribution in [0.3, 0.4) is 0 Å². The second-order valence-electron chi connectivity index (χ2n) is 5.77. The molecule has 0 saturated carbocycles. The molecule has 0 spiro atoms. The Kier molecular flexibility index (Phi) is 3.69. The van der Waals surface area contributed by atoms with Crippen LogP contribution in [0.15, 0.2) is 72.8 Å². The van der Waals surface area contributed by atoms with Crippen molar-refractivity contribution in [2.75, 3.05) is 10.2 Å². The number of carbonyl (C=O) groups excluding carboxylic acids is 1. The summed E-state index contributed by atoms with van der Waals surface area (Å²) in [4.78, 5) is 14.4. The number of amides is 1. The minimum Gasteiger partial charge on any atom is -0.360 e. The van der Waals surface area contributed by atoms with E-state index in [0.717, 1.165) is 0 Å². The van der Waals surface area contributed by atoms with E-state index in [0.29, 0.717) is 16.8 Å². The Balaban J connectivity index is 1.89. The van der Waals surface area contributed by atoms with Gasteiger partial charge in [-0.25, -0.2) is 8.78 Å². The van der Waals surface area contributed by atoms with E-state index in [4.69, 9.17) is 0 Å². The third-order valence-corrected chi connectivity index (χ3v) is 4.22. The van der Waals surface area contributed by atoms with Crippen LogP contribution in [0.5, 0.6) is 0 Å². The first-order valence-corrected chi connectivity index (χ1v) is 7.84. The Morgan fingerprint density at radius 2 is 1.52 bits per heavy atom. The largest absolute Gasteiger partial charge is 0.360 e. The van der Waals surface area contributed by atoms with Crippen molar-refractivity contribution in [3.05, 3.63) is 95.6 Å². The highest BCUT2D eigenvalue weighted by Crippen LogP contribution is 2.37. The predicted molar refractivity (Wildman–Crippen MR) is 92.4 cm³/mol. The molecule has 25 heavy (non-hydrogen) atoms. The van der Waals surface area contributed by atoms with Crippen LogP contribution >= 0.6 is 0 Å². The third kappa shape index (κ3) is 2.63. The van der Waals surface area contributed by atoms with Crippen molar-refractivity contribution < 1.29 is 13.6 Å². The van der Waals surface area contributed by atoms with E-state index in [2.05, 4.69) is 5.32 Å². The van der Waals surface area contributed by atoms with E-state index in [9.17, 15) is 13.6 Å². The standard InChI is InChI=1S/C20H14F2N2O/c21-14-11-9-13(10-12-14)19-23-17-7-3-1-5-15(17)20(25)24(19)18-8-4-2-6-16(18)22/h1-12,19,23H/t19-/m1/s1. The second-order valence-corrected chi connectivity index (χ2v) is 5.77. The average molecular weight is 336 g/mol. The van der Waals surface area contributed by atoms with Gasteiger partial charge in [0, 0.05) is 5.69 Å². The van der Waals surface area contributed by atoms with Gasteiger partial charge in [-0.05, 0) is 42.0 Å². The van der Waals surface area contributed by atoms with Gasteiger partial charge in [0.05, 0.1) is 11.3 Å². The molecule has 1 amide bonds. The lowest BCUT2D eigenvalue weighted by Crippen LogP contribution is -2.43. The Morgan fingerprint density at radius 1 is 0.840 bits per heavy atom. The van der Waals surface area contributed by atoms with Gasteiger partial charge in [0.2, 0.25) is 0 Å². The molecule has 0 saturated heterocycles. The lowest BCUT2D eigenvalue weighted by molar-refractivity contribution is 0.0974. The summed E-state index contributed by atoms with van der Waals surface area (Å²) < 4.78 is 27.7. The molecule has 5 heteroatoms. The minimum absolute atomic E-state index is 0.170. The average Bonchev–Trinajstić information content (AvgIpc) is 2.63. The fourth-order valence-corrected chi connectivity index (χ4v) is 3.03. The van der Waals surface area contributed by atoms with Gasteiger partial charge in [-0.2, -0.15) is 0 Å². The summed E-state index contributed by atoms with van der Waals surface area (Å²) in [6, 6.07) is 19.0. The minimum atomic E-state index is -0.639. The van der Waals surface area contributed by atoms with Gasteiger partial charge in [-0.1, -0.05) is 36.4 Å². The van der Waals surface area contributed by atoms with Crippen molar-refractivity contribution in [1.29, 1.82) is 0 Å². The van der Waals surface area contributed by atoms with Crippen molar-refractivity contribution in [2.45, 2.75) is 6.17 Å². The molecular formula is C20H14F2N2O. The van der Waals surface area contributed by atoms with Crippen molar-refractivity contribution in [3.63, 3.8) is 0 Å². The lowest BCUT2D eigenvalue weighted by Gasteiger charge is -2.38. The number of benzene rings is 3. The number of hydrogen-bond acceptors (Lipinski definition) is 2. The molecule has 1 N–H and O–H groups in total. The number of carbonyl (C=O) groups is 1. The topological polar surface area (TPSA) is 32.3 Å². The zero-order valence-electron chi connectivity index (χ0n) is 13.1. The third-order valence-electron chi connectivity index (χ3n) is 4.22. The van der Waals surface area contributed by atoms with Crippen LogP contribution < -0.4 is 10.2 Å². The van der Waals surface area contributed by atoms with Crippen LogP contribution in [0.1, 0.15) is 22.1 Å². The summed E-state index contributed by atoms with van der Waals surface area (Å²) in [5.41, 5.74) is 1.95. The van der Waals surface area contributed by atoms with Crippen LogP contribution in [-0.2, 0) is 0 Å². The molecule has 1 aliphatic heterocycles. The number of nitrogens with zero attached hydrogens (tertiary/aromatic N) is 1. The normalized spacial score (nSPS) is 16.3. The molecule has 3 nitrogen and oxygen atoms in total. The summed E-state index contributed by atoms with van der Waals surface area (Å²) in [6.07, 6.45) is -0.639. The maximum absolute atomic E-state index is 14.4. The Labute approximate surface area is 143 Å². The molecule has 0 fully saturated rings. The van der Waals surface area contributed by atoms with Gasteiger partial charge in [0.1, 0.15) is 17.8 Å². The van der Waals surface area contributed by atoms with Crippen molar-refractivity contribution in [1.82, 2.24) is 0 Å². The van der Waals surface area contributed by atoms with Crippen LogP contribution in [0.2, 0.25) is 0 Å². The van der Waals surface area contributed by atoms with Crippen molar-refractivity contribution >= 4 is 17.3 Å². The summed E-state index contributed by atoms with van der Waals surface area (Å²) >= 11 is 0. The van der Waals surface area contributed by atoms with Crippen molar-refractivity contribution in [3.8, 4) is 0 Å². The molecule has 0 radical (unpaired) electrons.